The van der Waals surface area contributed by atoms with E-state index in [-0.39, 0.29) is 11.9 Å². The molecule has 0 amide bonds. The Labute approximate surface area is 54.5 Å². The summed E-state index contributed by atoms with van der Waals surface area (Å²) in [6.07, 6.45) is 0. The molecule has 0 N–H and O–H groups in total. The van der Waals surface area contributed by atoms with Crippen molar-refractivity contribution < 1.29 is 9.53 Å². The Hall–Kier alpha value is -0.790. The highest BCUT2D eigenvalue weighted by Gasteiger charge is 2.44. The van der Waals surface area contributed by atoms with Crippen LogP contribution in [-0.2, 0) is 9.53 Å². The highest BCUT2D eigenvalue weighted by molar-refractivity contribution is 5.81. The van der Waals surface area contributed by atoms with Crippen LogP contribution in [-0.4, -0.2) is 13.1 Å². The van der Waals surface area contributed by atoms with Crippen LogP contribution in [0.25, 0.3) is 0 Å². The minimum Gasteiger partial charge on any atom is -0.469 e. The highest BCUT2D eigenvalue weighted by Crippen LogP contribution is 2.44. The first-order valence-corrected chi connectivity index (χ1v) is 2.95. The van der Waals surface area contributed by atoms with Crippen LogP contribution in [0.1, 0.15) is 6.92 Å². The molecule has 0 radical (unpaired) electrons. The van der Waals surface area contributed by atoms with Gasteiger partial charge in [0.1, 0.15) is 0 Å². The molecule has 1 saturated carbocycles. The predicted molar refractivity (Wildman–Crippen MR) is 33.8 cm³/mol. The molecule has 1 aliphatic rings. The molecule has 0 heterocycles. The second-order valence-electron chi connectivity index (χ2n) is 2.36. The van der Waals surface area contributed by atoms with Gasteiger partial charge in [0, 0.05) is 0 Å². The van der Waals surface area contributed by atoms with E-state index in [1.54, 1.807) is 0 Å². The highest BCUT2D eigenvalue weighted by atomic mass is 16.5. The summed E-state index contributed by atoms with van der Waals surface area (Å²) >= 11 is 0. The minimum atomic E-state index is -0.146. The van der Waals surface area contributed by atoms with Crippen molar-refractivity contribution in [3.63, 3.8) is 0 Å². The smallest absolute Gasteiger partial charge is 0.313 e. The van der Waals surface area contributed by atoms with Crippen LogP contribution < -0.4 is 0 Å². The van der Waals surface area contributed by atoms with Crippen LogP contribution in [0.15, 0.2) is 12.2 Å². The molecule has 2 nitrogen and oxygen atoms in total. The summed E-state index contributed by atoms with van der Waals surface area (Å²) in [7, 11) is 1.40. The molecule has 1 aliphatic carbocycles. The van der Waals surface area contributed by atoms with Crippen molar-refractivity contribution >= 4 is 5.97 Å². The molecule has 0 aromatic carbocycles. The maximum atomic E-state index is 10.7. The molecule has 0 aliphatic heterocycles. The summed E-state index contributed by atoms with van der Waals surface area (Å²) in [5.41, 5.74) is 1.00. The van der Waals surface area contributed by atoms with Crippen molar-refractivity contribution in [3.05, 3.63) is 12.2 Å². The lowest BCUT2D eigenvalue weighted by Crippen LogP contribution is -2.03. The Morgan fingerprint density at radius 1 is 1.78 bits per heavy atom. The van der Waals surface area contributed by atoms with Gasteiger partial charge in [0.05, 0.1) is 13.0 Å². The lowest BCUT2D eigenvalue weighted by atomic mass is 10.3. The van der Waals surface area contributed by atoms with E-state index < -0.39 is 0 Å². The van der Waals surface area contributed by atoms with Crippen molar-refractivity contribution in [1.82, 2.24) is 0 Å². The number of hydrogen-bond acceptors (Lipinski definition) is 2. The molecule has 1 rings (SSSR count). The number of methoxy groups -OCH3 is 1. The predicted octanol–water partition coefficient (Wildman–Crippen LogP) is 0.982. The first kappa shape index (κ1) is 6.33. The molecule has 0 aromatic rings. The SMILES string of the molecule is C=C1C(C)C1C(=O)OC. The van der Waals surface area contributed by atoms with Crippen molar-refractivity contribution in [3.8, 4) is 0 Å². The van der Waals surface area contributed by atoms with Gasteiger partial charge in [0.15, 0.2) is 0 Å². The van der Waals surface area contributed by atoms with Gasteiger partial charge in [0.2, 0.25) is 0 Å². The number of rotatable bonds is 1. The van der Waals surface area contributed by atoms with E-state index >= 15 is 0 Å². The average molecular weight is 126 g/mol. The molecule has 2 atom stereocenters. The molecule has 0 saturated heterocycles. The van der Waals surface area contributed by atoms with Gasteiger partial charge >= 0.3 is 5.97 Å². The summed E-state index contributed by atoms with van der Waals surface area (Å²) in [5, 5.41) is 0. The van der Waals surface area contributed by atoms with Crippen molar-refractivity contribution in [2.75, 3.05) is 7.11 Å². The van der Waals surface area contributed by atoms with E-state index in [1.165, 1.54) is 7.11 Å². The molecule has 9 heavy (non-hydrogen) atoms. The van der Waals surface area contributed by atoms with Crippen LogP contribution in [0.4, 0.5) is 0 Å². The normalized spacial score (nSPS) is 32.0. The average Bonchev–Trinajstić information content (AvgIpc) is 2.40. The van der Waals surface area contributed by atoms with Crippen LogP contribution >= 0.6 is 0 Å². The Bertz CT molecular complexity index is 160. The molecular weight excluding hydrogens is 116 g/mol. The Kier molecular flexibility index (Phi) is 1.31. The Morgan fingerprint density at radius 3 is 2.33 bits per heavy atom. The summed E-state index contributed by atoms with van der Waals surface area (Å²) in [6.45, 7) is 5.67. The Morgan fingerprint density at radius 2 is 2.22 bits per heavy atom. The molecular formula is C7H10O2. The van der Waals surface area contributed by atoms with E-state index in [1.807, 2.05) is 6.92 Å². The van der Waals surface area contributed by atoms with Gasteiger partial charge in [0.25, 0.3) is 0 Å². The fourth-order valence-corrected chi connectivity index (χ4v) is 0.946. The molecule has 0 bridgehead atoms. The van der Waals surface area contributed by atoms with Gasteiger partial charge in [-0.25, -0.2) is 0 Å². The number of carbonyl (C=O) groups excluding carboxylic acids is 1. The maximum absolute atomic E-state index is 10.7. The van der Waals surface area contributed by atoms with Crippen molar-refractivity contribution in [2.45, 2.75) is 6.92 Å². The third-order valence-electron chi connectivity index (χ3n) is 1.83. The molecule has 0 spiro atoms. The third kappa shape index (κ3) is 0.846. The largest absolute Gasteiger partial charge is 0.469 e. The first-order chi connectivity index (χ1) is 4.18. The molecule has 0 aromatic heterocycles. The molecule has 1 fully saturated rings. The van der Waals surface area contributed by atoms with Crippen molar-refractivity contribution in [1.29, 1.82) is 0 Å². The number of esters is 1. The maximum Gasteiger partial charge on any atom is 0.313 e. The molecule has 2 unspecified atom stereocenters. The monoisotopic (exact) mass is 126 g/mol. The second kappa shape index (κ2) is 1.87. The topological polar surface area (TPSA) is 26.3 Å². The molecule has 2 heteroatoms. The third-order valence-corrected chi connectivity index (χ3v) is 1.83. The van der Waals surface area contributed by atoms with Crippen molar-refractivity contribution in [2.24, 2.45) is 11.8 Å². The van der Waals surface area contributed by atoms with Crippen LogP contribution in [0.2, 0.25) is 0 Å². The zero-order valence-electron chi connectivity index (χ0n) is 5.68. The summed E-state index contributed by atoms with van der Waals surface area (Å²) < 4.78 is 4.52. The molecule has 50 valence electrons. The summed E-state index contributed by atoms with van der Waals surface area (Å²) in [6, 6.07) is 0. The first-order valence-electron chi connectivity index (χ1n) is 2.95. The summed E-state index contributed by atoms with van der Waals surface area (Å²) in [4.78, 5) is 10.7. The van der Waals surface area contributed by atoms with Gasteiger partial charge in [-0.3, -0.25) is 4.79 Å². The van der Waals surface area contributed by atoms with E-state index in [0.717, 1.165) is 5.57 Å². The minimum absolute atomic E-state index is 0.00463. The standard InChI is InChI=1S/C7H10O2/c1-4-5(2)6(4)7(8)9-3/h5-6H,1H2,2-3H3. The van der Waals surface area contributed by atoms with Gasteiger partial charge in [-0.2, -0.15) is 0 Å². The number of ether oxygens (including phenoxy) is 1. The van der Waals surface area contributed by atoms with E-state index in [0.29, 0.717) is 5.92 Å². The second-order valence-corrected chi connectivity index (χ2v) is 2.36. The zero-order chi connectivity index (χ0) is 7.02. The van der Waals surface area contributed by atoms with Crippen LogP contribution in [0.5, 0.6) is 0 Å². The van der Waals surface area contributed by atoms with Gasteiger partial charge in [-0.1, -0.05) is 19.1 Å². The van der Waals surface area contributed by atoms with Crippen LogP contribution in [0, 0.1) is 11.8 Å². The van der Waals surface area contributed by atoms with Gasteiger partial charge in [-0.15, -0.1) is 0 Å². The fourth-order valence-electron chi connectivity index (χ4n) is 0.946. The van der Waals surface area contributed by atoms with Crippen LogP contribution in [0.3, 0.4) is 0 Å². The Balaban J connectivity index is 2.49. The number of hydrogen-bond donors (Lipinski definition) is 0. The van der Waals surface area contributed by atoms with E-state index in [4.69, 9.17) is 0 Å². The summed E-state index contributed by atoms with van der Waals surface area (Å²) in [5.74, 6) is 0.194. The fraction of sp³-hybridized carbons (Fsp3) is 0.571. The lowest BCUT2D eigenvalue weighted by molar-refractivity contribution is -0.142. The zero-order valence-corrected chi connectivity index (χ0v) is 5.68. The van der Waals surface area contributed by atoms with Gasteiger partial charge < -0.3 is 4.74 Å². The number of carbonyl (C=O) groups is 1. The lowest BCUT2D eigenvalue weighted by Gasteiger charge is -1.91. The van der Waals surface area contributed by atoms with E-state index in [9.17, 15) is 4.79 Å². The van der Waals surface area contributed by atoms with Gasteiger partial charge in [-0.05, 0) is 5.92 Å². The quantitative estimate of drug-likeness (QED) is 0.386. The van der Waals surface area contributed by atoms with E-state index in [2.05, 4.69) is 11.3 Å².